The fraction of sp³-hybridized carbons (Fsp3) is 0.619. The van der Waals surface area contributed by atoms with E-state index >= 15 is 0 Å². The number of urea groups is 1. The van der Waals surface area contributed by atoms with Gasteiger partial charge in [0.15, 0.2) is 0 Å². The summed E-state index contributed by atoms with van der Waals surface area (Å²) >= 11 is 0. The molecule has 5 aliphatic rings. The molecule has 88 heavy (non-hydrogen) atoms. The minimum Gasteiger partial charge on any atom is -0.480 e. The molecular formula is C63H90N8O17. The Hall–Kier alpha value is -7.48. The van der Waals surface area contributed by atoms with Crippen molar-refractivity contribution in [3.05, 3.63) is 77.9 Å². The molecule has 9 N–H and O–H groups in total. The van der Waals surface area contributed by atoms with Crippen molar-refractivity contribution in [2.24, 2.45) is 17.6 Å². The molecule has 1 aromatic rings. The molecule has 6 rings (SSSR count). The van der Waals surface area contributed by atoms with Crippen molar-refractivity contribution in [3.63, 3.8) is 0 Å². The van der Waals surface area contributed by atoms with Crippen molar-refractivity contribution in [1.82, 2.24) is 31.5 Å². The zero-order chi connectivity index (χ0) is 64.2. The first-order valence-electron chi connectivity index (χ1n) is 30.7. The summed E-state index contributed by atoms with van der Waals surface area (Å²) in [6, 6.07) is 2.38. The van der Waals surface area contributed by atoms with Gasteiger partial charge < -0.3 is 66.2 Å². The minimum atomic E-state index is -1.42. The topological polar surface area (TPSA) is 353 Å². The van der Waals surface area contributed by atoms with Crippen LogP contribution in [0.2, 0.25) is 0 Å². The van der Waals surface area contributed by atoms with Crippen LogP contribution in [0.25, 0.3) is 0 Å². The molecule has 3 saturated heterocycles. The van der Waals surface area contributed by atoms with Crippen LogP contribution in [0, 0.1) is 11.8 Å². The summed E-state index contributed by atoms with van der Waals surface area (Å²) in [5.74, 6) is -4.44. The van der Waals surface area contributed by atoms with Crippen molar-refractivity contribution in [2.75, 3.05) is 24.6 Å². The number of nitrogens with zero attached hydrogens (tertiary/aromatic N) is 2. The summed E-state index contributed by atoms with van der Waals surface area (Å²) in [5.41, 5.74) is 6.11. The van der Waals surface area contributed by atoms with Gasteiger partial charge in [-0.2, -0.15) is 0 Å². The van der Waals surface area contributed by atoms with E-state index in [1.165, 1.54) is 43.4 Å². The van der Waals surface area contributed by atoms with Crippen LogP contribution in [0.1, 0.15) is 144 Å². The minimum absolute atomic E-state index is 0.0401. The van der Waals surface area contributed by atoms with Crippen molar-refractivity contribution < 1.29 is 81.8 Å². The molecule has 1 saturated carbocycles. The number of hydrogen-bond acceptors (Lipinski definition) is 16. The van der Waals surface area contributed by atoms with Gasteiger partial charge in [-0.05, 0) is 121 Å². The molecule has 4 aliphatic heterocycles. The number of aliphatic carboxylic acids is 1. The molecule has 25 heteroatoms. The summed E-state index contributed by atoms with van der Waals surface area (Å²) in [4.78, 5) is 128. The van der Waals surface area contributed by atoms with Gasteiger partial charge in [-0.15, -0.1) is 0 Å². The Kier molecular flexibility index (Phi) is 26.3. The summed E-state index contributed by atoms with van der Waals surface area (Å²) in [5, 5.41) is 36.0. The van der Waals surface area contributed by atoms with Crippen molar-refractivity contribution in [3.8, 4) is 0 Å². The van der Waals surface area contributed by atoms with Crippen LogP contribution >= 0.6 is 0 Å². The maximum Gasteiger partial charge on any atom is 0.407 e. The molecule has 1 aliphatic carbocycles. The van der Waals surface area contributed by atoms with Crippen LogP contribution in [0.15, 0.2) is 72.4 Å². The number of carboxylic acids is 1. The third kappa shape index (κ3) is 21.4. The van der Waals surface area contributed by atoms with Crippen LogP contribution < -0.4 is 37.2 Å². The molecule has 4 heterocycles. The van der Waals surface area contributed by atoms with Crippen LogP contribution in [0.3, 0.4) is 0 Å². The molecule has 9 amide bonds. The molecule has 1 aromatic carbocycles. The van der Waals surface area contributed by atoms with Gasteiger partial charge in [-0.1, -0.05) is 63.1 Å². The van der Waals surface area contributed by atoms with Gasteiger partial charge in [0, 0.05) is 68.9 Å². The molecule has 0 aromatic heterocycles. The fourth-order valence-electron chi connectivity index (χ4n) is 11.5. The standard InChI is InChI=1S/C63H90N8O17/c1-37(2)57(69-52(73)13-9-8-10-31-70-55(76)28-29-56(70)77)59(79)71(49(60(80)81)12-11-30-65-61(64)82)46-23-17-43(18-24-46)35-84-62(83)67-45-21-19-44(20-22-45)66-54(75)33-47-34-63(36-85-63)58(78)51(88-47)26-15-38(3)14-25-50-39(4)32-48(41(6)87-50)68-53(74)27-16-40(5)86-42(7)72/h14-18,23-24,26-29,37,39-41,44-45,47-51,57-58,78H,8-13,19-22,25,30-36H2,1-7H3,(H,66,75)(H,67,83)(H,68,74)(H,69,73)(H,80,81)(H3,64,65,82)/b26-15+,27-16-,38-14+/t39-,40-,41+,44?,45?,47+,48+,49-,50-,51+,57-,58+,63+/m0/s1. The zero-order valence-corrected chi connectivity index (χ0v) is 51.6. The van der Waals surface area contributed by atoms with Crippen LogP contribution in [0.5, 0.6) is 0 Å². The molecule has 0 bridgehead atoms. The molecule has 4 fully saturated rings. The lowest BCUT2D eigenvalue weighted by Gasteiger charge is -2.39. The summed E-state index contributed by atoms with van der Waals surface area (Å²) < 4.78 is 29.0. The highest BCUT2D eigenvalue weighted by Crippen LogP contribution is 2.43. The molecule has 0 radical (unpaired) electrons. The Morgan fingerprint density at radius 1 is 0.875 bits per heavy atom. The van der Waals surface area contributed by atoms with Crippen molar-refractivity contribution in [1.29, 1.82) is 0 Å². The van der Waals surface area contributed by atoms with E-state index in [4.69, 9.17) is 29.4 Å². The molecular weight excluding hydrogens is 1140 g/mol. The summed E-state index contributed by atoms with van der Waals surface area (Å²) in [7, 11) is 0. The number of aliphatic hydroxyl groups is 1. The van der Waals surface area contributed by atoms with E-state index in [2.05, 4.69) is 39.6 Å². The zero-order valence-electron chi connectivity index (χ0n) is 51.6. The number of aliphatic hydroxyl groups excluding tert-OH is 1. The van der Waals surface area contributed by atoms with Gasteiger partial charge in [-0.3, -0.25) is 43.4 Å². The first-order chi connectivity index (χ1) is 41.8. The van der Waals surface area contributed by atoms with Gasteiger partial charge in [0.25, 0.3) is 17.7 Å². The third-order valence-electron chi connectivity index (χ3n) is 16.6. The quantitative estimate of drug-likeness (QED) is 0.0130. The van der Waals surface area contributed by atoms with E-state index in [-0.39, 0.29) is 111 Å². The number of unbranched alkanes of at least 4 members (excludes halogenated alkanes) is 2. The van der Waals surface area contributed by atoms with E-state index in [1.54, 1.807) is 39.0 Å². The Balaban J connectivity index is 0.937. The number of allylic oxidation sites excluding steroid dienone is 2. The number of rotatable bonds is 30. The third-order valence-corrected chi connectivity index (χ3v) is 16.6. The lowest BCUT2D eigenvalue weighted by molar-refractivity contribution is -0.146. The Bertz CT molecular complexity index is 2740. The van der Waals surface area contributed by atoms with Crippen molar-refractivity contribution >= 4 is 65.2 Å². The van der Waals surface area contributed by atoms with Gasteiger partial charge in [0.1, 0.15) is 42.6 Å². The number of anilines is 1. The number of hydrogen-bond donors (Lipinski definition) is 8. The average Bonchev–Trinajstić information content (AvgIpc) is 3.00. The largest absolute Gasteiger partial charge is 0.480 e. The monoisotopic (exact) mass is 1230 g/mol. The summed E-state index contributed by atoms with van der Waals surface area (Å²) in [6.45, 7) is 12.9. The maximum atomic E-state index is 14.5. The fourth-order valence-corrected chi connectivity index (χ4v) is 11.5. The number of alkyl carbamates (subject to hydrolysis) is 1. The number of ether oxygens (including phenoxy) is 5. The normalized spacial score (nSPS) is 26.3. The number of primary amides is 1. The highest BCUT2D eigenvalue weighted by Gasteiger charge is 2.58. The van der Waals surface area contributed by atoms with Crippen LogP contribution in [0.4, 0.5) is 15.3 Å². The number of epoxide rings is 1. The summed E-state index contributed by atoms with van der Waals surface area (Å²) in [6.07, 6.45) is 13.1. The number of benzene rings is 1. The number of carboxylic acid groups (broad SMARTS) is 1. The van der Waals surface area contributed by atoms with Crippen LogP contribution in [-0.4, -0.2) is 167 Å². The smallest absolute Gasteiger partial charge is 0.407 e. The average molecular weight is 1230 g/mol. The number of nitrogens with one attached hydrogen (secondary N) is 5. The van der Waals surface area contributed by atoms with E-state index in [0.717, 1.165) is 21.8 Å². The number of imide groups is 1. The highest BCUT2D eigenvalue weighted by molar-refractivity contribution is 6.12. The van der Waals surface area contributed by atoms with Crippen molar-refractivity contribution in [2.45, 2.75) is 217 Å². The maximum absolute atomic E-state index is 14.5. The lowest BCUT2D eigenvalue weighted by atomic mass is 9.87. The van der Waals surface area contributed by atoms with E-state index in [1.807, 2.05) is 19.9 Å². The van der Waals surface area contributed by atoms with Gasteiger partial charge in [0.2, 0.25) is 17.7 Å². The van der Waals surface area contributed by atoms with E-state index < -0.39 is 83.9 Å². The molecule has 484 valence electrons. The Morgan fingerprint density at radius 2 is 1.55 bits per heavy atom. The highest BCUT2D eigenvalue weighted by atomic mass is 16.6. The van der Waals surface area contributed by atoms with Gasteiger partial charge >= 0.3 is 24.1 Å². The molecule has 11 atom stereocenters. The number of esters is 1. The van der Waals surface area contributed by atoms with Crippen LogP contribution in [-0.2, 0) is 68.6 Å². The second-order valence-corrected chi connectivity index (χ2v) is 24.1. The first-order valence-corrected chi connectivity index (χ1v) is 30.7. The molecule has 25 nitrogen and oxygen atoms in total. The second-order valence-electron chi connectivity index (χ2n) is 24.1. The molecule has 0 unspecified atom stereocenters. The number of nitrogens with two attached hydrogens (primary N) is 1. The lowest BCUT2D eigenvalue weighted by Crippen LogP contribution is -2.56. The SMILES string of the molecule is CC(=O)O[C@@H](C)/C=C\C(=O)N[C@@H]1C[C@H](C)[C@H](C/C=C(C)/C=C/[C@H]2O[C@H](CC(=O)NC3CCC(NC(=O)OCc4ccc(N(C(=O)[C@@H](NC(=O)CCCCCN5C(=O)C=CC5=O)C(C)C)[C@@H](CCCNC(N)=O)C(=O)O)cc4)CC3)C[C@@]3(CO3)[C@@H]2O)O[C@@H]1C. The number of carbonyl (C=O) groups excluding carboxylic acids is 9. The first kappa shape index (κ1) is 69.6. The van der Waals surface area contributed by atoms with E-state index in [0.29, 0.717) is 70.0 Å². The number of carbonyl (C=O) groups is 10. The predicted molar refractivity (Wildman–Crippen MR) is 321 cm³/mol. The number of amides is 9. The Morgan fingerprint density at radius 3 is 2.17 bits per heavy atom. The predicted octanol–water partition coefficient (Wildman–Crippen LogP) is 4.58. The second kappa shape index (κ2) is 33.2. The molecule has 1 spiro atoms. The van der Waals surface area contributed by atoms with E-state index in [9.17, 15) is 58.2 Å². The Labute approximate surface area is 514 Å². The van der Waals surface area contributed by atoms with Gasteiger partial charge in [-0.25, -0.2) is 14.4 Å². The van der Waals surface area contributed by atoms with Gasteiger partial charge in [0.05, 0.1) is 37.4 Å².